The Kier molecular flexibility index (Phi) is 58.2. The summed E-state index contributed by atoms with van der Waals surface area (Å²) in [4.78, 5) is 56.3. The van der Waals surface area contributed by atoms with Crippen molar-refractivity contribution < 1.29 is 33.4 Å². The summed E-state index contributed by atoms with van der Waals surface area (Å²) in [6.45, 7) is 14.1. The highest BCUT2D eigenvalue weighted by Gasteiger charge is 2.23. The van der Waals surface area contributed by atoms with Crippen molar-refractivity contribution in [2.24, 2.45) is 11.8 Å². The van der Waals surface area contributed by atoms with Gasteiger partial charge in [0, 0.05) is 38.3 Å². The summed E-state index contributed by atoms with van der Waals surface area (Å²) in [5, 5.41) is 0. The second-order valence-corrected chi connectivity index (χ2v) is 21.6. The minimum atomic E-state index is -0.122. The van der Waals surface area contributed by atoms with Crippen molar-refractivity contribution in [2.75, 3.05) is 47.0 Å². The van der Waals surface area contributed by atoms with Crippen molar-refractivity contribution in [1.29, 1.82) is 0 Å². The number of amides is 1. The van der Waals surface area contributed by atoms with Crippen LogP contribution in [0.15, 0.2) is 0 Å². The Labute approximate surface area is 449 Å². The van der Waals surface area contributed by atoms with E-state index in [1.165, 1.54) is 128 Å². The fourth-order valence-corrected chi connectivity index (χ4v) is 9.96. The van der Waals surface area contributed by atoms with E-state index in [0.717, 1.165) is 129 Å². The zero-order valence-electron chi connectivity index (χ0n) is 47.7. The Balaban J connectivity index is -0.0000238. The summed E-state index contributed by atoms with van der Waals surface area (Å²) in [6, 6.07) is 0.143. The van der Waals surface area contributed by atoms with Gasteiger partial charge in [-0.05, 0) is 110 Å². The number of rotatable bonds is 54. The number of esters is 3. The summed E-state index contributed by atoms with van der Waals surface area (Å²) in [5.74, 6) is 0.962. The first-order valence-corrected chi connectivity index (χ1v) is 30.5. The van der Waals surface area contributed by atoms with Gasteiger partial charge in [-0.15, -0.1) is 0 Å². The molecule has 0 aliphatic heterocycles. The first kappa shape index (κ1) is 74.1. The van der Waals surface area contributed by atoms with Crippen molar-refractivity contribution in [3.8, 4) is 0 Å². The summed E-state index contributed by atoms with van der Waals surface area (Å²) >= 11 is 0. The molecule has 2 unspecified atom stereocenters. The van der Waals surface area contributed by atoms with Crippen LogP contribution in [0.4, 0.5) is 0 Å². The molecule has 0 N–H and O–H groups in total. The van der Waals surface area contributed by atoms with Gasteiger partial charge in [-0.3, -0.25) is 19.2 Å². The second-order valence-electron chi connectivity index (χ2n) is 21.6. The average Bonchev–Trinajstić information content (AvgIpc) is 3.34. The molecular formula is C63H126N2O7. The first-order chi connectivity index (χ1) is 34.1. The van der Waals surface area contributed by atoms with Crippen molar-refractivity contribution in [3.63, 3.8) is 0 Å². The number of hydrogen-bond acceptors (Lipinski definition) is 8. The van der Waals surface area contributed by atoms with Crippen LogP contribution < -0.4 is 0 Å². The quantitative estimate of drug-likeness (QED) is 0.0337. The third-order valence-corrected chi connectivity index (χ3v) is 14.5. The van der Waals surface area contributed by atoms with Crippen LogP contribution in [0.1, 0.15) is 319 Å². The minimum absolute atomic E-state index is 0. The number of unbranched alkanes of at least 4 members (excludes halogenated alkanes) is 24. The average molecular weight is 1020 g/mol. The van der Waals surface area contributed by atoms with Gasteiger partial charge in [0.05, 0.1) is 19.8 Å². The first-order valence-electron chi connectivity index (χ1n) is 30.5. The monoisotopic (exact) mass is 1020 g/mol. The Hall–Kier alpha value is -2.16. The van der Waals surface area contributed by atoms with Crippen molar-refractivity contribution in [2.45, 2.75) is 325 Å². The maximum atomic E-state index is 14.1. The molecule has 0 radical (unpaired) electrons. The lowest BCUT2D eigenvalue weighted by molar-refractivity contribution is -0.146. The Bertz CT molecular complexity index is 1120. The van der Waals surface area contributed by atoms with Gasteiger partial charge in [-0.1, -0.05) is 216 Å². The SMILES string of the molecule is C.C.CCCCCCCCC(CCCCCC)COC(=O)CCCCCC(CCCCCC(=O)OCC(CCCCCC)CCCCCCCC)N(CCCN(C)C)C(=O)CCCCCCCC(=O)OCC. The summed E-state index contributed by atoms with van der Waals surface area (Å²) in [6.07, 6.45) is 45.0. The van der Waals surface area contributed by atoms with E-state index in [1.54, 1.807) is 0 Å². The van der Waals surface area contributed by atoms with Crippen LogP contribution in [0, 0.1) is 11.8 Å². The van der Waals surface area contributed by atoms with E-state index in [2.05, 4.69) is 51.6 Å². The molecule has 0 rings (SSSR count). The van der Waals surface area contributed by atoms with Crippen LogP contribution in [0.3, 0.4) is 0 Å². The van der Waals surface area contributed by atoms with Gasteiger partial charge < -0.3 is 24.0 Å². The van der Waals surface area contributed by atoms with Crippen molar-refractivity contribution in [3.05, 3.63) is 0 Å². The van der Waals surface area contributed by atoms with Crippen molar-refractivity contribution >= 4 is 23.8 Å². The molecule has 0 heterocycles. The second kappa shape index (κ2) is 56.6. The molecule has 0 aromatic heterocycles. The molecule has 72 heavy (non-hydrogen) atoms. The van der Waals surface area contributed by atoms with E-state index in [-0.39, 0.29) is 44.7 Å². The molecule has 0 fully saturated rings. The molecule has 0 aliphatic rings. The van der Waals surface area contributed by atoms with Crippen LogP contribution in [0.5, 0.6) is 0 Å². The molecule has 9 heteroatoms. The minimum Gasteiger partial charge on any atom is -0.466 e. The smallest absolute Gasteiger partial charge is 0.305 e. The number of carbonyl (C=O) groups excluding carboxylic acids is 4. The van der Waals surface area contributed by atoms with E-state index in [9.17, 15) is 19.2 Å². The lowest BCUT2D eigenvalue weighted by atomic mass is 9.95. The molecule has 0 spiro atoms. The highest BCUT2D eigenvalue weighted by molar-refractivity contribution is 5.76. The third kappa shape index (κ3) is 48.8. The van der Waals surface area contributed by atoms with E-state index < -0.39 is 0 Å². The summed E-state index contributed by atoms with van der Waals surface area (Å²) in [7, 11) is 4.18. The zero-order chi connectivity index (χ0) is 51.6. The standard InChI is InChI=1S/C61H118N2O7.2CH4/c1-8-13-17-21-24-32-43-55(41-30-19-15-10-3)53-69-60(66)49-38-28-34-45-57(63(52-40-51-62(6)7)58(64)47-36-26-23-27-37-48-59(65)68-12-5)46-35-29-39-50-61(67)70-54-56(42-31-20-16-11-4)44-33-25-22-18-14-9-2;;/h55-57H,8-54H2,1-7H3;2*1H4. The molecule has 2 atom stereocenters. The fourth-order valence-electron chi connectivity index (χ4n) is 9.96. The summed E-state index contributed by atoms with van der Waals surface area (Å²) in [5.41, 5.74) is 0. The van der Waals surface area contributed by atoms with Gasteiger partial charge in [0.25, 0.3) is 0 Å². The molecule has 0 aromatic carbocycles. The van der Waals surface area contributed by atoms with Crippen LogP contribution in [0.2, 0.25) is 0 Å². The van der Waals surface area contributed by atoms with Crippen LogP contribution in [-0.2, 0) is 33.4 Å². The molecule has 0 saturated heterocycles. The zero-order valence-corrected chi connectivity index (χ0v) is 47.7. The Morgan fingerprint density at radius 2 is 0.653 bits per heavy atom. The number of ether oxygens (including phenoxy) is 3. The molecule has 1 amide bonds. The largest absolute Gasteiger partial charge is 0.466 e. The van der Waals surface area contributed by atoms with Gasteiger partial charge in [0.2, 0.25) is 5.91 Å². The number of nitrogens with zero attached hydrogens (tertiary/aromatic N) is 2. The number of hydrogen-bond donors (Lipinski definition) is 0. The van der Waals surface area contributed by atoms with Gasteiger partial charge in [-0.25, -0.2) is 0 Å². The van der Waals surface area contributed by atoms with E-state index >= 15 is 0 Å². The Morgan fingerprint density at radius 1 is 0.347 bits per heavy atom. The maximum Gasteiger partial charge on any atom is 0.305 e. The molecule has 430 valence electrons. The molecule has 9 nitrogen and oxygen atoms in total. The fraction of sp³-hybridized carbons (Fsp3) is 0.937. The molecule has 0 bridgehead atoms. The summed E-state index contributed by atoms with van der Waals surface area (Å²) < 4.78 is 16.9. The third-order valence-electron chi connectivity index (χ3n) is 14.5. The van der Waals surface area contributed by atoms with Gasteiger partial charge in [0.15, 0.2) is 0 Å². The Morgan fingerprint density at radius 3 is 1.03 bits per heavy atom. The number of carbonyl (C=O) groups is 4. The molecule has 0 saturated carbocycles. The highest BCUT2D eigenvalue weighted by Crippen LogP contribution is 2.24. The molecule has 0 aliphatic carbocycles. The predicted molar refractivity (Wildman–Crippen MR) is 310 cm³/mol. The van der Waals surface area contributed by atoms with Gasteiger partial charge in [0.1, 0.15) is 0 Å². The maximum absolute atomic E-state index is 14.1. The normalized spacial score (nSPS) is 12.4. The van der Waals surface area contributed by atoms with Crippen LogP contribution >= 0.6 is 0 Å². The topological polar surface area (TPSA) is 102 Å². The van der Waals surface area contributed by atoms with E-state index in [0.29, 0.717) is 57.3 Å². The lowest BCUT2D eigenvalue weighted by Crippen LogP contribution is -2.41. The lowest BCUT2D eigenvalue weighted by Gasteiger charge is -2.33. The predicted octanol–water partition coefficient (Wildman–Crippen LogP) is 18.4. The molecular weight excluding hydrogens is 897 g/mol. The van der Waals surface area contributed by atoms with E-state index in [1.807, 2.05) is 6.92 Å². The molecule has 0 aromatic rings. The highest BCUT2D eigenvalue weighted by atomic mass is 16.5. The van der Waals surface area contributed by atoms with Crippen LogP contribution in [0.25, 0.3) is 0 Å². The van der Waals surface area contributed by atoms with Gasteiger partial charge >= 0.3 is 17.9 Å². The van der Waals surface area contributed by atoms with Crippen molar-refractivity contribution in [1.82, 2.24) is 9.80 Å². The van der Waals surface area contributed by atoms with Crippen LogP contribution in [-0.4, -0.2) is 86.7 Å². The van der Waals surface area contributed by atoms with Gasteiger partial charge in [-0.2, -0.15) is 0 Å². The van der Waals surface area contributed by atoms with E-state index in [4.69, 9.17) is 14.2 Å².